The highest BCUT2D eigenvalue weighted by Gasteiger charge is 2.41. The number of amides is 1. The first-order chi connectivity index (χ1) is 8.79. The molecule has 0 bridgehead atoms. The molecule has 0 radical (unpaired) electrons. The fourth-order valence-corrected chi connectivity index (χ4v) is 3.95. The molecule has 102 valence electrons. The van der Waals surface area contributed by atoms with Gasteiger partial charge in [-0.3, -0.25) is 4.79 Å². The van der Waals surface area contributed by atoms with Gasteiger partial charge in [-0.05, 0) is 31.6 Å². The highest BCUT2D eigenvalue weighted by atomic mass is 16.5. The third-order valence-electron chi connectivity index (χ3n) is 5.02. The van der Waals surface area contributed by atoms with Crippen molar-refractivity contribution in [2.24, 2.45) is 5.92 Å². The second-order valence-corrected chi connectivity index (χ2v) is 5.99. The predicted molar refractivity (Wildman–Crippen MR) is 69.3 cm³/mol. The summed E-state index contributed by atoms with van der Waals surface area (Å²) in [5, 5.41) is 3.31. The summed E-state index contributed by atoms with van der Waals surface area (Å²) in [6.45, 7) is 1.79. The van der Waals surface area contributed by atoms with Gasteiger partial charge in [-0.2, -0.15) is 0 Å². The Hall–Kier alpha value is -0.610. The van der Waals surface area contributed by atoms with Crippen molar-refractivity contribution in [1.29, 1.82) is 0 Å². The molecular formula is C14H24N2O2. The Morgan fingerprint density at radius 3 is 2.89 bits per heavy atom. The van der Waals surface area contributed by atoms with Crippen LogP contribution < -0.4 is 5.32 Å². The zero-order valence-electron chi connectivity index (χ0n) is 11.2. The van der Waals surface area contributed by atoms with Crippen molar-refractivity contribution in [2.45, 2.75) is 56.7 Å². The molecule has 0 aromatic heterocycles. The molecule has 4 atom stereocenters. The average molecular weight is 252 g/mol. The number of carbonyl (C=O) groups is 1. The Labute approximate surface area is 109 Å². The number of nitrogens with zero attached hydrogens (tertiary/aromatic N) is 1. The van der Waals surface area contributed by atoms with Gasteiger partial charge in [0.2, 0.25) is 5.91 Å². The molecule has 3 fully saturated rings. The fraction of sp³-hybridized carbons (Fsp3) is 0.929. The molecule has 2 aliphatic heterocycles. The summed E-state index contributed by atoms with van der Waals surface area (Å²) in [5.41, 5.74) is 0. The molecule has 4 unspecified atom stereocenters. The lowest BCUT2D eigenvalue weighted by Crippen LogP contribution is -2.47. The third-order valence-corrected chi connectivity index (χ3v) is 5.02. The van der Waals surface area contributed by atoms with Crippen molar-refractivity contribution < 1.29 is 9.53 Å². The van der Waals surface area contributed by atoms with E-state index in [1.165, 1.54) is 32.1 Å². The summed E-state index contributed by atoms with van der Waals surface area (Å²) in [6, 6.07) is 0.533. The molecule has 1 N–H and O–H groups in total. The van der Waals surface area contributed by atoms with E-state index in [0.717, 1.165) is 25.4 Å². The maximum Gasteiger partial charge on any atom is 0.240 e. The van der Waals surface area contributed by atoms with Crippen LogP contribution in [0.3, 0.4) is 0 Å². The van der Waals surface area contributed by atoms with E-state index in [0.29, 0.717) is 11.9 Å². The monoisotopic (exact) mass is 252 g/mol. The summed E-state index contributed by atoms with van der Waals surface area (Å²) in [5.74, 6) is 1.10. The maximum atomic E-state index is 12.6. The minimum Gasteiger partial charge on any atom is -0.380 e. The number of carbonyl (C=O) groups excluding carboxylic acids is 1. The van der Waals surface area contributed by atoms with Gasteiger partial charge in [-0.25, -0.2) is 0 Å². The Balaban J connectivity index is 1.62. The molecule has 3 rings (SSSR count). The van der Waals surface area contributed by atoms with Crippen molar-refractivity contribution >= 4 is 5.91 Å². The van der Waals surface area contributed by atoms with Gasteiger partial charge in [0.15, 0.2) is 0 Å². The molecular weight excluding hydrogens is 228 g/mol. The number of ether oxygens (including phenoxy) is 1. The van der Waals surface area contributed by atoms with Gasteiger partial charge in [0, 0.05) is 26.2 Å². The van der Waals surface area contributed by atoms with Crippen LogP contribution in [-0.4, -0.2) is 49.2 Å². The minimum atomic E-state index is -0.00405. The van der Waals surface area contributed by atoms with Crippen LogP contribution in [0.1, 0.15) is 38.5 Å². The standard InChI is InChI=1S/C14H24N2O2/c1-18-11-8-12(15-9-11)14(17)16-7-6-10-4-2-3-5-13(10)16/h10-13,15H,2-9H2,1H3. The number of fused-ring (bicyclic) bond motifs is 1. The van der Waals surface area contributed by atoms with Crippen LogP contribution in [0.2, 0.25) is 0 Å². The Morgan fingerprint density at radius 2 is 2.11 bits per heavy atom. The van der Waals surface area contributed by atoms with Crippen LogP contribution in [0.4, 0.5) is 0 Å². The minimum absolute atomic E-state index is 0.00405. The largest absolute Gasteiger partial charge is 0.380 e. The maximum absolute atomic E-state index is 12.6. The molecule has 2 saturated heterocycles. The molecule has 0 aromatic rings. The van der Waals surface area contributed by atoms with E-state index in [-0.39, 0.29) is 12.1 Å². The number of hydrogen-bond acceptors (Lipinski definition) is 3. The molecule has 4 heteroatoms. The van der Waals surface area contributed by atoms with E-state index < -0.39 is 0 Å². The Kier molecular flexibility index (Phi) is 3.57. The normalized spacial score (nSPS) is 39.9. The zero-order chi connectivity index (χ0) is 12.5. The van der Waals surface area contributed by atoms with Crippen LogP contribution in [0.5, 0.6) is 0 Å². The van der Waals surface area contributed by atoms with E-state index in [1.54, 1.807) is 7.11 Å². The van der Waals surface area contributed by atoms with E-state index >= 15 is 0 Å². The van der Waals surface area contributed by atoms with E-state index in [2.05, 4.69) is 10.2 Å². The highest BCUT2D eigenvalue weighted by Crippen LogP contribution is 2.36. The quantitative estimate of drug-likeness (QED) is 0.801. The van der Waals surface area contributed by atoms with Gasteiger partial charge in [-0.15, -0.1) is 0 Å². The molecule has 1 amide bonds. The van der Waals surface area contributed by atoms with Crippen molar-refractivity contribution in [2.75, 3.05) is 20.2 Å². The number of rotatable bonds is 2. The van der Waals surface area contributed by atoms with Gasteiger partial charge in [0.25, 0.3) is 0 Å². The van der Waals surface area contributed by atoms with Gasteiger partial charge in [0.05, 0.1) is 12.1 Å². The summed E-state index contributed by atoms with van der Waals surface area (Å²) in [4.78, 5) is 14.7. The zero-order valence-corrected chi connectivity index (χ0v) is 11.2. The lowest BCUT2D eigenvalue weighted by Gasteiger charge is -2.33. The lowest BCUT2D eigenvalue weighted by molar-refractivity contribution is -0.134. The second-order valence-electron chi connectivity index (χ2n) is 5.99. The van der Waals surface area contributed by atoms with E-state index in [9.17, 15) is 4.79 Å². The third kappa shape index (κ3) is 2.16. The molecule has 1 aliphatic carbocycles. The molecule has 0 aromatic carbocycles. The number of methoxy groups -OCH3 is 1. The molecule has 18 heavy (non-hydrogen) atoms. The van der Waals surface area contributed by atoms with Crippen LogP contribution in [0.25, 0.3) is 0 Å². The number of nitrogens with one attached hydrogen (secondary N) is 1. The van der Waals surface area contributed by atoms with Crippen LogP contribution in [-0.2, 0) is 9.53 Å². The SMILES string of the molecule is COC1CNC(C(=O)N2CCC3CCCCC32)C1. The lowest BCUT2D eigenvalue weighted by atomic mass is 9.85. The summed E-state index contributed by atoms with van der Waals surface area (Å²) in [7, 11) is 1.73. The topological polar surface area (TPSA) is 41.6 Å². The highest BCUT2D eigenvalue weighted by molar-refractivity contribution is 5.83. The fourth-order valence-electron chi connectivity index (χ4n) is 3.95. The summed E-state index contributed by atoms with van der Waals surface area (Å²) in [6.07, 6.45) is 7.47. The van der Waals surface area contributed by atoms with Crippen LogP contribution in [0, 0.1) is 5.92 Å². The first-order valence-corrected chi connectivity index (χ1v) is 7.36. The van der Waals surface area contributed by atoms with Crippen LogP contribution in [0.15, 0.2) is 0 Å². The van der Waals surface area contributed by atoms with Gasteiger partial charge in [-0.1, -0.05) is 12.8 Å². The average Bonchev–Trinajstić information content (AvgIpc) is 3.04. The number of hydrogen-bond donors (Lipinski definition) is 1. The van der Waals surface area contributed by atoms with Gasteiger partial charge in [0.1, 0.15) is 0 Å². The van der Waals surface area contributed by atoms with Gasteiger partial charge >= 0.3 is 0 Å². The van der Waals surface area contributed by atoms with Crippen molar-refractivity contribution in [1.82, 2.24) is 10.2 Å². The number of likely N-dealkylation sites (tertiary alicyclic amines) is 1. The van der Waals surface area contributed by atoms with Crippen LogP contribution >= 0.6 is 0 Å². The predicted octanol–water partition coefficient (Wildman–Crippen LogP) is 1.15. The van der Waals surface area contributed by atoms with Gasteiger partial charge < -0.3 is 15.0 Å². The summed E-state index contributed by atoms with van der Waals surface area (Å²) < 4.78 is 5.33. The smallest absolute Gasteiger partial charge is 0.240 e. The molecule has 0 spiro atoms. The molecule has 3 aliphatic rings. The summed E-state index contributed by atoms with van der Waals surface area (Å²) >= 11 is 0. The van der Waals surface area contributed by atoms with E-state index in [1.807, 2.05) is 0 Å². The Bertz CT molecular complexity index is 321. The molecule has 2 heterocycles. The first kappa shape index (κ1) is 12.4. The first-order valence-electron chi connectivity index (χ1n) is 7.36. The molecule has 4 nitrogen and oxygen atoms in total. The Morgan fingerprint density at radius 1 is 1.28 bits per heavy atom. The van der Waals surface area contributed by atoms with Crippen molar-refractivity contribution in [3.05, 3.63) is 0 Å². The van der Waals surface area contributed by atoms with E-state index in [4.69, 9.17) is 4.74 Å². The molecule has 1 saturated carbocycles. The van der Waals surface area contributed by atoms with Crippen molar-refractivity contribution in [3.63, 3.8) is 0 Å². The van der Waals surface area contributed by atoms with Crippen molar-refractivity contribution in [3.8, 4) is 0 Å². The second kappa shape index (κ2) is 5.17.